The highest BCUT2D eigenvalue weighted by atomic mass is 32.2. The van der Waals surface area contributed by atoms with Crippen LogP contribution in [-0.4, -0.2) is 46.0 Å². The molecule has 1 saturated heterocycles. The average molecular weight is 573 g/mol. The molecule has 3 aromatic carbocycles. The Morgan fingerprint density at radius 1 is 1.08 bits per heavy atom. The summed E-state index contributed by atoms with van der Waals surface area (Å²) >= 11 is 0. The van der Waals surface area contributed by atoms with Crippen molar-refractivity contribution in [2.75, 3.05) is 12.3 Å². The molecule has 0 bridgehead atoms. The first kappa shape index (κ1) is 27.3. The molecule has 0 saturated carbocycles. The maximum Gasteiger partial charge on any atom is 0.239 e. The van der Waals surface area contributed by atoms with Crippen molar-refractivity contribution < 1.29 is 30.8 Å². The summed E-state index contributed by atoms with van der Waals surface area (Å²) in [6.45, 7) is 1.90. The van der Waals surface area contributed by atoms with Crippen LogP contribution < -0.4 is 9.88 Å². The first-order valence-electron chi connectivity index (χ1n) is 12.5. The van der Waals surface area contributed by atoms with Crippen LogP contribution in [0.4, 0.5) is 4.39 Å². The lowest BCUT2D eigenvalue weighted by atomic mass is 9.78. The van der Waals surface area contributed by atoms with Crippen LogP contribution >= 0.6 is 0 Å². The summed E-state index contributed by atoms with van der Waals surface area (Å²) in [6.07, 6.45) is 0.860. The molecular weight excluding hydrogens is 543 g/mol. The number of sulfone groups is 1. The van der Waals surface area contributed by atoms with Gasteiger partial charge in [0.05, 0.1) is 10.9 Å². The van der Waals surface area contributed by atoms with E-state index < -0.39 is 42.3 Å². The molecule has 2 aliphatic rings. The number of carbonyl (C=O) groups is 1. The molecule has 0 unspecified atom stereocenters. The topological polar surface area (TPSA) is 124 Å². The highest BCUT2D eigenvalue weighted by Crippen LogP contribution is 2.53. The number of primary sulfonamides is 1. The Morgan fingerprint density at radius 3 is 2.51 bits per heavy atom. The summed E-state index contributed by atoms with van der Waals surface area (Å²) in [5.74, 6) is -1.49. The predicted molar refractivity (Wildman–Crippen MR) is 144 cm³/mol. The summed E-state index contributed by atoms with van der Waals surface area (Å²) < 4.78 is 70.7. The van der Waals surface area contributed by atoms with E-state index in [0.29, 0.717) is 29.7 Å². The Kier molecular flexibility index (Phi) is 7.02. The Morgan fingerprint density at radius 2 is 1.82 bits per heavy atom. The molecule has 1 amide bonds. The van der Waals surface area contributed by atoms with Gasteiger partial charge in [-0.15, -0.1) is 0 Å². The number of likely N-dealkylation sites (tertiary alicyclic amines) is 1. The van der Waals surface area contributed by atoms with E-state index in [1.165, 1.54) is 23.1 Å². The number of benzene rings is 3. The molecule has 1 aliphatic carbocycles. The van der Waals surface area contributed by atoms with Gasteiger partial charge in [0.2, 0.25) is 15.9 Å². The third-order valence-corrected chi connectivity index (χ3v) is 11.0. The largest absolute Gasteiger partial charge is 0.489 e. The van der Waals surface area contributed by atoms with Gasteiger partial charge in [-0.25, -0.2) is 26.4 Å². The maximum absolute atomic E-state index is 14.3. The van der Waals surface area contributed by atoms with Gasteiger partial charge in [-0.3, -0.25) is 4.79 Å². The summed E-state index contributed by atoms with van der Waals surface area (Å²) in [5.41, 5.74) is 2.52. The van der Waals surface area contributed by atoms with E-state index in [1.807, 2.05) is 0 Å². The van der Waals surface area contributed by atoms with Crippen molar-refractivity contribution in [3.63, 3.8) is 0 Å². The standard InChI is InChI=1S/C28H29FN2O6S2/c1-19-6-5-9-25(29)23(19)17-37-21-11-12-24-20(16-21)10-13-26-28(24,39(35,36)22-7-3-2-4-8-22)14-15-31(26)27(32)18-38(30,33)34/h2-9,11-12,16,26H,10,13-15,17-18H2,1H3,(H2,30,33,34)/t26-,28-/m1/s1. The quantitative estimate of drug-likeness (QED) is 0.464. The van der Waals surface area contributed by atoms with Gasteiger partial charge < -0.3 is 9.64 Å². The predicted octanol–water partition coefficient (Wildman–Crippen LogP) is 3.22. The Hall–Kier alpha value is -3.28. The molecule has 8 nitrogen and oxygen atoms in total. The Bertz CT molecular complexity index is 1620. The summed E-state index contributed by atoms with van der Waals surface area (Å²) in [4.78, 5) is 14.5. The van der Waals surface area contributed by atoms with Crippen LogP contribution in [0.25, 0.3) is 0 Å². The van der Waals surface area contributed by atoms with Crippen LogP contribution in [0, 0.1) is 12.7 Å². The fourth-order valence-corrected chi connectivity index (χ4v) is 8.86. The van der Waals surface area contributed by atoms with Crippen LogP contribution in [0.5, 0.6) is 5.75 Å². The van der Waals surface area contributed by atoms with Crippen molar-refractivity contribution in [3.8, 4) is 5.75 Å². The highest BCUT2D eigenvalue weighted by Gasteiger charge is 2.60. The summed E-state index contributed by atoms with van der Waals surface area (Å²) in [6, 6.07) is 17.2. The van der Waals surface area contributed by atoms with E-state index in [-0.39, 0.29) is 30.3 Å². The number of fused-ring (bicyclic) bond motifs is 3. The van der Waals surface area contributed by atoms with Gasteiger partial charge >= 0.3 is 0 Å². The van der Waals surface area contributed by atoms with Crippen LogP contribution in [0.2, 0.25) is 0 Å². The minimum absolute atomic E-state index is 0.0171. The minimum atomic E-state index is -4.09. The molecule has 206 valence electrons. The van der Waals surface area contributed by atoms with Crippen LogP contribution in [-0.2, 0) is 42.4 Å². The lowest BCUT2D eigenvalue weighted by molar-refractivity contribution is -0.129. The molecule has 5 rings (SSSR count). The number of nitrogens with two attached hydrogens (primary N) is 1. The molecular formula is C28H29FN2O6S2. The number of hydrogen-bond donors (Lipinski definition) is 1. The fourth-order valence-electron chi connectivity index (χ4n) is 5.96. The van der Waals surface area contributed by atoms with Gasteiger partial charge in [-0.2, -0.15) is 0 Å². The number of amides is 1. The van der Waals surface area contributed by atoms with Crippen molar-refractivity contribution in [2.24, 2.45) is 5.14 Å². The highest BCUT2D eigenvalue weighted by molar-refractivity contribution is 7.92. The normalized spacial score (nSPS) is 20.8. The summed E-state index contributed by atoms with van der Waals surface area (Å²) in [7, 11) is -8.12. The molecule has 2 N–H and O–H groups in total. The number of ether oxygens (including phenoxy) is 1. The zero-order valence-corrected chi connectivity index (χ0v) is 23.0. The average Bonchev–Trinajstić information content (AvgIpc) is 3.30. The van der Waals surface area contributed by atoms with E-state index in [4.69, 9.17) is 9.88 Å². The van der Waals surface area contributed by atoms with E-state index in [1.54, 1.807) is 55.5 Å². The molecule has 39 heavy (non-hydrogen) atoms. The Balaban J connectivity index is 1.56. The molecule has 1 heterocycles. The second kappa shape index (κ2) is 10.0. The van der Waals surface area contributed by atoms with Gasteiger partial charge in [-0.1, -0.05) is 36.4 Å². The number of carbonyl (C=O) groups excluding carboxylic acids is 1. The molecule has 1 aliphatic heterocycles. The zero-order chi connectivity index (χ0) is 28.0. The van der Waals surface area contributed by atoms with Crippen LogP contribution in [0.1, 0.15) is 35.1 Å². The van der Waals surface area contributed by atoms with Crippen LogP contribution in [0.3, 0.4) is 0 Å². The molecule has 1 fully saturated rings. The van der Waals surface area contributed by atoms with Crippen molar-refractivity contribution in [2.45, 2.75) is 48.5 Å². The van der Waals surface area contributed by atoms with Crippen molar-refractivity contribution in [1.82, 2.24) is 4.90 Å². The van der Waals surface area contributed by atoms with Gasteiger partial charge in [0.1, 0.15) is 28.7 Å². The second-order valence-electron chi connectivity index (χ2n) is 10.0. The lowest BCUT2D eigenvalue weighted by Crippen LogP contribution is -2.53. The fraction of sp³-hybridized carbons (Fsp3) is 0.321. The number of halogens is 1. The number of hydrogen-bond acceptors (Lipinski definition) is 6. The second-order valence-corrected chi connectivity index (χ2v) is 13.9. The van der Waals surface area contributed by atoms with Crippen molar-refractivity contribution in [1.29, 1.82) is 0 Å². The number of sulfonamides is 1. The molecule has 0 radical (unpaired) electrons. The number of aryl methyl sites for hydroxylation is 2. The molecule has 3 aromatic rings. The molecule has 2 atom stereocenters. The van der Waals surface area contributed by atoms with Gasteiger partial charge in [0.15, 0.2) is 9.84 Å². The minimum Gasteiger partial charge on any atom is -0.489 e. The van der Waals surface area contributed by atoms with Crippen LogP contribution in [0.15, 0.2) is 71.6 Å². The number of rotatable bonds is 7. The van der Waals surface area contributed by atoms with Crippen molar-refractivity contribution in [3.05, 3.63) is 94.8 Å². The smallest absolute Gasteiger partial charge is 0.239 e. The van der Waals surface area contributed by atoms with E-state index in [0.717, 1.165) is 11.1 Å². The van der Waals surface area contributed by atoms with Gasteiger partial charge in [0, 0.05) is 12.1 Å². The SMILES string of the molecule is Cc1cccc(F)c1COc1ccc2c(c1)CC[C@H]1N(C(=O)CS(N)(=O)=O)CC[C@@]21S(=O)(=O)c1ccccc1. The zero-order valence-electron chi connectivity index (χ0n) is 21.3. The maximum atomic E-state index is 14.3. The molecule has 0 aromatic heterocycles. The molecule has 0 spiro atoms. The third-order valence-electron chi connectivity index (χ3n) is 7.77. The summed E-state index contributed by atoms with van der Waals surface area (Å²) in [5, 5.41) is 5.13. The number of nitrogens with zero attached hydrogens (tertiary/aromatic N) is 1. The van der Waals surface area contributed by atoms with E-state index >= 15 is 0 Å². The third kappa shape index (κ3) is 4.83. The monoisotopic (exact) mass is 572 g/mol. The lowest BCUT2D eigenvalue weighted by Gasteiger charge is -2.42. The van der Waals surface area contributed by atoms with Gasteiger partial charge in [-0.05, 0) is 73.2 Å². The first-order chi connectivity index (χ1) is 18.4. The van der Waals surface area contributed by atoms with E-state index in [9.17, 15) is 26.0 Å². The first-order valence-corrected chi connectivity index (χ1v) is 15.7. The van der Waals surface area contributed by atoms with E-state index in [2.05, 4.69) is 0 Å². The van der Waals surface area contributed by atoms with Crippen molar-refractivity contribution >= 4 is 25.8 Å². The van der Waals surface area contributed by atoms with Gasteiger partial charge in [0.25, 0.3) is 0 Å². The molecule has 11 heteroatoms. The Labute approximate surface area is 227 Å².